The molecule has 23 heavy (non-hydrogen) atoms. The zero-order valence-electron chi connectivity index (χ0n) is 11.8. The van der Waals surface area contributed by atoms with Crippen molar-refractivity contribution in [3.63, 3.8) is 0 Å². The number of anilines is 1. The van der Waals surface area contributed by atoms with Crippen molar-refractivity contribution in [1.29, 1.82) is 0 Å². The topological polar surface area (TPSA) is 81.5 Å². The zero-order valence-corrected chi connectivity index (χ0v) is 14.1. The monoisotopic (exact) mass is 398 g/mol. The summed E-state index contributed by atoms with van der Waals surface area (Å²) in [5.74, 6) is -0.217. The van der Waals surface area contributed by atoms with Crippen LogP contribution in [0, 0.1) is 10.1 Å². The predicted molar refractivity (Wildman–Crippen MR) is 91.0 cm³/mol. The van der Waals surface area contributed by atoms with Crippen molar-refractivity contribution in [2.24, 2.45) is 0 Å². The SMILES string of the molecule is O=C(CCNc1ccccc1[N+](=O)[O-])Oc1ccc(Br)cc1Cl. The lowest BCUT2D eigenvalue weighted by atomic mass is 10.2. The fourth-order valence-corrected chi connectivity index (χ4v) is 2.53. The molecule has 0 aliphatic rings. The van der Waals surface area contributed by atoms with Crippen molar-refractivity contribution >= 4 is 44.9 Å². The highest BCUT2D eigenvalue weighted by Crippen LogP contribution is 2.28. The van der Waals surface area contributed by atoms with Crippen molar-refractivity contribution in [1.82, 2.24) is 0 Å². The Hall–Kier alpha value is -2.12. The van der Waals surface area contributed by atoms with Crippen LogP contribution in [0.25, 0.3) is 0 Å². The number of para-hydroxylation sites is 2. The third-order valence-corrected chi connectivity index (χ3v) is 3.65. The molecule has 0 aliphatic carbocycles. The summed E-state index contributed by atoms with van der Waals surface area (Å²) in [5, 5.41) is 14.1. The molecule has 0 spiro atoms. The van der Waals surface area contributed by atoms with Gasteiger partial charge in [-0.3, -0.25) is 14.9 Å². The molecule has 0 unspecified atom stereocenters. The molecule has 0 saturated heterocycles. The van der Waals surface area contributed by atoms with Gasteiger partial charge in [0.25, 0.3) is 5.69 Å². The van der Waals surface area contributed by atoms with Gasteiger partial charge < -0.3 is 10.1 Å². The first-order valence-electron chi connectivity index (χ1n) is 6.60. The Balaban J connectivity index is 1.89. The van der Waals surface area contributed by atoms with E-state index in [0.717, 1.165) is 4.47 Å². The number of nitrogens with zero attached hydrogens (tertiary/aromatic N) is 1. The predicted octanol–water partition coefficient (Wildman–Crippen LogP) is 4.42. The highest BCUT2D eigenvalue weighted by Gasteiger charge is 2.13. The number of hydrogen-bond acceptors (Lipinski definition) is 5. The van der Waals surface area contributed by atoms with Crippen LogP contribution in [-0.2, 0) is 4.79 Å². The van der Waals surface area contributed by atoms with Crippen LogP contribution in [0.3, 0.4) is 0 Å². The Morgan fingerprint density at radius 2 is 2.04 bits per heavy atom. The van der Waals surface area contributed by atoms with E-state index >= 15 is 0 Å². The maximum atomic E-state index is 11.8. The van der Waals surface area contributed by atoms with E-state index in [0.29, 0.717) is 10.7 Å². The summed E-state index contributed by atoms with van der Waals surface area (Å²) in [5.41, 5.74) is 0.309. The van der Waals surface area contributed by atoms with Gasteiger partial charge in [-0.05, 0) is 24.3 Å². The Kier molecular flexibility index (Phi) is 5.95. The molecule has 0 saturated carbocycles. The minimum absolute atomic E-state index is 0.0401. The zero-order chi connectivity index (χ0) is 16.8. The van der Waals surface area contributed by atoms with Gasteiger partial charge in [-0.2, -0.15) is 0 Å². The molecular weight excluding hydrogens is 388 g/mol. The minimum atomic E-state index is -0.486. The highest BCUT2D eigenvalue weighted by atomic mass is 79.9. The van der Waals surface area contributed by atoms with Crippen LogP contribution in [0.4, 0.5) is 11.4 Å². The van der Waals surface area contributed by atoms with Crippen molar-refractivity contribution in [3.8, 4) is 5.75 Å². The molecule has 120 valence electrons. The highest BCUT2D eigenvalue weighted by molar-refractivity contribution is 9.10. The van der Waals surface area contributed by atoms with E-state index in [1.165, 1.54) is 6.07 Å². The van der Waals surface area contributed by atoms with Crippen LogP contribution in [0.1, 0.15) is 6.42 Å². The first-order valence-corrected chi connectivity index (χ1v) is 7.77. The fraction of sp³-hybridized carbons (Fsp3) is 0.133. The number of carbonyl (C=O) groups is 1. The number of nitrogens with one attached hydrogen (secondary N) is 1. The Labute approximate surface area is 145 Å². The molecule has 0 heterocycles. The van der Waals surface area contributed by atoms with Crippen molar-refractivity contribution < 1.29 is 14.5 Å². The van der Waals surface area contributed by atoms with E-state index in [9.17, 15) is 14.9 Å². The lowest BCUT2D eigenvalue weighted by Gasteiger charge is -2.08. The summed E-state index contributed by atoms with van der Waals surface area (Å²) in [6.07, 6.45) is 0.0401. The number of ether oxygens (including phenoxy) is 1. The van der Waals surface area contributed by atoms with E-state index in [2.05, 4.69) is 21.2 Å². The fourth-order valence-electron chi connectivity index (χ4n) is 1.81. The number of halogens is 2. The number of nitro benzene ring substituents is 1. The second kappa shape index (κ2) is 7.94. The van der Waals surface area contributed by atoms with E-state index in [4.69, 9.17) is 16.3 Å². The summed E-state index contributed by atoms with van der Waals surface area (Å²) in [7, 11) is 0. The van der Waals surface area contributed by atoms with Gasteiger partial charge in [0.05, 0.1) is 16.4 Å². The molecular formula is C15H12BrClN2O4. The lowest BCUT2D eigenvalue weighted by Crippen LogP contribution is -2.14. The molecule has 0 radical (unpaired) electrons. The summed E-state index contributed by atoms with van der Waals surface area (Å²) < 4.78 is 5.93. The molecule has 0 aromatic heterocycles. The van der Waals surface area contributed by atoms with Gasteiger partial charge in [0, 0.05) is 17.1 Å². The van der Waals surface area contributed by atoms with Crippen LogP contribution in [-0.4, -0.2) is 17.4 Å². The average Bonchev–Trinajstić information content (AvgIpc) is 2.50. The molecule has 2 aromatic rings. The Bertz CT molecular complexity index is 739. The van der Waals surface area contributed by atoms with E-state index in [1.54, 1.807) is 36.4 Å². The van der Waals surface area contributed by atoms with Crippen molar-refractivity contribution in [2.45, 2.75) is 6.42 Å². The van der Waals surface area contributed by atoms with Gasteiger partial charge in [-0.25, -0.2) is 0 Å². The molecule has 0 amide bonds. The van der Waals surface area contributed by atoms with Gasteiger partial charge in [-0.15, -0.1) is 0 Å². The molecule has 0 aliphatic heterocycles. The standard InChI is InChI=1S/C15H12BrClN2O4/c16-10-5-6-14(11(17)9-10)23-15(20)7-8-18-12-3-1-2-4-13(12)19(21)22/h1-6,9,18H,7-8H2. The normalized spacial score (nSPS) is 10.2. The van der Waals surface area contributed by atoms with Gasteiger partial charge in [0.2, 0.25) is 0 Å². The number of carbonyl (C=O) groups excluding carboxylic acids is 1. The largest absolute Gasteiger partial charge is 0.425 e. The molecule has 6 nitrogen and oxygen atoms in total. The number of benzene rings is 2. The molecule has 0 bridgehead atoms. The van der Waals surface area contributed by atoms with Crippen LogP contribution >= 0.6 is 27.5 Å². The minimum Gasteiger partial charge on any atom is -0.425 e. The maximum absolute atomic E-state index is 11.8. The van der Waals surface area contributed by atoms with Crippen LogP contribution in [0.2, 0.25) is 5.02 Å². The van der Waals surface area contributed by atoms with Gasteiger partial charge >= 0.3 is 5.97 Å². The molecule has 2 rings (SSSR count). The van der Waals surface area contributed by atoms with Crippen LogP contribution < -0.4 is 10.1 Å². The maximum Gasteiger partial charge on any atom is 0.313 e. The molecule has 2 aromatic carbocycles. The van der Waals surface area contributed by atoms with Crippen LogP contribution in [0.15, 0.2) is 46.9 Å². The summed E-state index contributed by atoms with van der Waals surface area (Å²) >= 11 is 9.22. The van der Waals surface area contributed by atoms with Crippen molar-refractivity contribution in [2.75, 3.05) is 11.9 Å². The third kappa shape index (κ3) is 4.94. The van der Waals surface area contributed by atoms with Gasteiger partial charge in [0.15, 0.2) is 0 Å². The summed E-state index contributed by atoms with van der Waals surface area (Å²) in [6.45, 7) is 0.206. The van der Waals surface area contributed by atoms with Gasteiger partial charge in [0.1, 0.15) is 11.4 Å². The lowest BCUT2D eigenvalue weighted by molar-refractivity contribution is -0.384. The first kappa shape index (κ1) is 17.2. The number of nitro groups is 1. The number of esters is 1. The molecule has 0 fully saturated rings. The average molecular weight is 400 g/mol. The Morgan fingerprint density at radius 3 is 2.74 bits per heavy atom. The molecule has 8 heteroatoms. The summed E-state index contributed by atoms with van der Waals surface area (Å²) in [4.78, 5) is 22.2. The van der Waals surface area contributed by atoms with E-state index < -0.39 is 10.9 Å². The molecule has 1 N–H and O–H groups in total. The Morgan fingerprint density at radius 1 is 1.30 bits per heavy atom. The first-order chi connectivity index (χ1) is 11.0. The second-order valence-corrected chi connectivity index (χ2v) is 5.82. The van der Waals surface area contributed by atoms with E-state index in [1.807, 2.05) is 0 Å². The smallest absolute Gasteiger partial charge is 0.313 e. The quantitative estimate of drug-likeness (QED) is 0.336. The summed E-state index contributed by atoms with van der Waals surface area (Å²) in [6, 6.07) is 11.1. The number of rotatable bonds is 6. The second-order valence-electron chi connectivity index (χ2n) is 4.50. The molecule has 0 atom stereocenters. The van der Waals surface area contributed by atoms with E-state index in [-0.39, 0.29) is 24.4 Å². The third-order valence-electron chi connectivity index (χ3n) is 2.86. The van der Waals surface area contributed by atoms with Crippen LogP contribution in [0.5, 0.6) is 5.75 Å². The van der Waals surface area contributed by atoms with Gasteiger partial charge in [-0.1, -0.05) is 39.7 Å². The van der Waals surface area contributed by atoms with Crippen molar-refractivity contribution in [3.05, 3.63) is 62.1 Å². The number of hydrogen-bond donors (Lipinski definition) is 1.